The number of benzene rings is 2. The lowest BCUT2D eigenvalue weighted by Crippen LogP contribution is -2.32. The molecule has 1 atom stereocenters. The van der Waals surface area contributed by atoms with Gasteiger partial charge in [0, 0.05) is 43.0 Å². The largest absolute Gasteiger partial charge is 0.344 e. The molecule has 42 heavy (non-hydrogen) atoms. The van der Waals surface area contributed by atoms with Gasteiger partial charge in [0.1, 0.15) is 5.56 Å². The van der Waals surface area contributed by atoms with Crippen molar-refractivity contribution in [1.82, 2.24) is 34.3 Å². The summed E-state index contributed by atoms with van der Waals surface area (Å²) in [5.41, 5.74) is 2.22. The molecule has 0 aliphatic carbocycles. The molecule has 6 aromatic rings. The summed E-state index contributed by atoms with van der Waals surface area (Å²) in [6.45, 7) is 3.41. The Morgan fingerprint density at radius 2 is 1.90 bits per heavy atom. The second-order valence-corrected chi connectivity index (χ2v) is 9.77. The predicted octanol–water partition coefficient (Wildman–Crippen LogP) is 4.24. The van der Waals surface area contributed by atoms with Crippen LogP contribution in [0.5, 0.6) is 0 Å². The number of rotatable bonds is 4. The Balaban J connectivity index is 1.50. The second kappa shape index (κ2) is 10.4. The van der Waals surface area contributed by atoms with E-state index in [1.54, 1.807) is 80.7 Å². The van der Waals surface area contributed by atoms with E-state index < -0.39 is 29.1 Å². The van der Waals surface area contributed by atoms with Gasteiger partial charge in [-0.05, 0) is 49.6 Å². The van der Waals surface area contributed by atoms with E-state index in [0.29, 0.717) is 38.9 Å². The summed E-state index contributed by atoms with van der Waals surface area (Å²) < 4.78 is 32.7. The first-order chi connectivity index (χ1) is 20.2. The maximum absolute atomic E-state index is 14.4. The predicted molar refractivity (Wildman–Crippen MR) is 152 cm³/mol. The van der Waals surface area contributed by atoms with E-state index in [1.807, 2.05) is 0 Å². The lowest BCUT2D eigenvalue weighted by atomic mass is 10.0. The van der Waals surface area contributed by atoms with E-state index in [4.69, 9.17) is 0 Å². The van der Waals surface area contributed by atoms with Crippen LogP contribution in [0.3, 0.4) is 0 Å². The number of nitrogens with one attached hydrogen (secondary N) is 1. The third kappa shape index (κ3) is 4.69. The molecule has 4 aromatic heterocycles. The van der Waals surface area contributed by atoms with Gasteiger partial charge < -0.3 is 5.32 Å². The molecule has 0 bridgehead atoms. The van der Waals surface area contributed by atoms with E-state index in [9.17, 15) is 18.4 Å². The van der Waals surface area contributed by atoms with Crippen LogP contribution < -0.4 is 10.9 Å². The summed E-state index contributed by atoms with van der Waals surface area (Å²) in [5, 5.41) is 12.2. The number of carbonyl (C=O) groups excluding carboxylic acids is 1. The highest BCUT2D eigenvalue weighted by Crippen LogP contribution is 2.25. The van der Waals surface area contributed by atoms with Gasteiger partial charge in [-0.1, -0.05) is 24.0 Å². The highest BCUT2D eigenvalue weighted by molar-refractivity contribution is 6.01. The first-order valence-corrected chi connectivity index (χ1v) is 13.0. The molecule has 2 aromatic carbocycles. The molecular weight excluding hydrogens is 540 g/mol. The summed E-state index contributed by atoms with van der Waals surface area (Å²) >= 11 is 0. The van der Waals surface area contributed by atoms with E-state index in [2.05, 4.69) is 32.3 Å². The van der Waals surface area contributed by atoms with Crippen LogP contribution in [0.25, 0.3) is 22.1 Å². The summed E-state index contributed by atoms with van der Waals surface area (Å²) in [6.07, 6.45) is 6.62. The van der Waals surface area contributed by atoms with Gasteiger partial charge in [-0.2, -0.15) is 10.2 Å². The number of aromatic nitrogens is 6. The number of hydrogen-bond donors (Lipinski definition) is 1. The molecule has 0 radical (unpaired) electrons. The molecule has 4 heterocycles. The normalized spacial score (nSPS) is 11.8. The quantitative estimate of drug-likeness (QED) is 0.324. The van der Waals surface area contributed by atoms with E-state index in [-0.39, 0.29) is 11.3 Å². The molecule has 11 heteroatoms. The molecule has 9 nitrogen and oxygen atoms in total. The zero-order valence-electron chi connectivity index (χ0n) is 22.8. The summed E-state index contributed by atoms with van der Waals surface area (Å²) in [7, 11) is 1.78. The lowest BCUT2D eigenvalue weighted by Gasteiger charge is -2.21. The molecule has 0 aliphatic rings. The Morgan fingerprint density at radius 3 is 2.67 bits per heavy atom. The molecule has 0 saturated heterocycles. The summed E-state index contributed by atoms with van der Waals surface area (Å²) in [4.78, 5) is 31.9. The fourth-order valence-corrected chi connectivity index (χ4v) is 4.93. The average molecular weight is 564 g/mol. The van der Waals surface area contributed by atoms with Gasteiger partial charge in [-0.3, -0.25) is 18.8 Å². The van der Waals surface area contributed by atoms with E-state index in [0.717, 1.165) is 12.1 Å². The smallest absolute Gasteiger partial charge is 0.264 e. The molecular formula is C31H23F2N7O2. The zero-order chi connectivity index (χ0) is 29.5. The Kier molecular flexibility index (Phi) is 6.59. The Morgan fingerprint density at radius 1 is 1.07 bits per heavy atom. The number of pyridine rings is 1. The van der Waals surface area contributed by atoms with Gasteiger partial charge in [0.2, 0.25) is 0 Å². The fourth-order valence-electron chi connectivity index (χ4n) is 4.93. The zero-order valence-corrected chi connectivity index (χ0v) is 22.8. The number of aryl methyl sites for hydroxylation is 2. The molecule has 0 aliphatic heterocycles. The minimum atomic E-state index is -1.11. The molecule has 0 spiro atoms. The standard InChI is InChI=1S/C31H23F2N7O2/c1-18(36-30(41)27-19(2)37-39-13-5-12-34-29(27)39)26-14-22-7-4-6-21(9-8-20-16-35-38(3)17-20)28(22)31(42)40(26)23-10-11-24(32)25(33)15-23/h4-7,10-18H,1-3H3,(H,36,41)/t18-/m1/s1. The number of hydrogen-bond acceptors (Lipinski definition) is 5. The molecule has 0 unspecified atom stereocenters. The molecule has 1 N–H and O–H groups in total. The van der Waals surface area contributed by atoms with Crippen LogP contribution in [0.2, 0.25) is 0 Å². The Hall–Kier alpha value is -5.63. The minimum absolute atomic E-state index is 0.0979. The van der Waals surface area contributed by atoms with Crippen LogP contribution in [0.4, 0.5) is 8.78 Å². The molecule has 0 saturated carbocycles. The number of amides is 1. The SMILES string of the molecule is Cc1nn2cccnc2c1C(=O)N[C@H](C)c1cc2cccc(C#Cc3cnn(C)c3)c2c(=O)n1-c1ccc(F)c(F)c1. The van der Waals surface area contributed by atoms with Crippen molar-refractivity contribution in [1.29, 1.82) is 0 Å². The lowest BCUT2D eigenvalue weighted by molar-refractivity contribution is 0.0939. The van der Waals surface area contributed by atoms with Crippen LogP contribution >= 0.6 is 0 Å². The fraction of sp³-hybridized carbons (Fsp3) is 0.129. The number of nitrogens with zero attached hydrogens (tertiary/aromatic N) is 6. The van der Waals surface area contributed by atoms with Gasteiger partial charge in [0.25, 0.3) is 11.5 Å². The van der Waals surface area contributed by atoms with Crippen molar-refractivity contribution in [2.75, 3.05) is 0 Å². The number of halogens is 2. The van der Waals surface area contributed by atoms with Crippen molar-refractivity contribution >= 4 is 22.3 Å². The molecule has 0 fully saturated rings. The Labute approximate surface area is 238 Å². The van der Waals surface area contributed by atoms with Crippen LogP contribution in [0, 0.1) is 30.4 Å². The van der Waals surface area contributed by atoms with Crippen molar-refractivity contribution in [2.24, 2.45) is 7.05 Å². The maximum atomic E-state index is 14.4. The maximum Gasteiger partial charge on any atom is 0.264 e. The first kappa shape index (κ1) is 26.6. The third-order valence-electron chi connectivity index (χ3n) is 6.87. The van der Waals surface area contributed by atoms with Crippen LogP contribution in [0.15, 0.2) is 78.1 Å². The molecule has 1 amide bonds. The van der Waals surface area contributed by atoms with Gasteiger partial charge in [-0.25, -0.2) is 18.3 Å². The van der Waals surface area contributed by atoms with Crippen LogP contribution in [0.1, 0.15) is 45.8 Å². The first-order valence-electron chi connectivity index (χ1n) is 13.0. The van der Waals surface area contributed by atoms with Crippen molar-refractivity contribution in [3.63, 3.8) is 0 Å². The van der Waals surface area contributed by atoms with E-state index >= 15 is 0 Å². The molecule has 208 valence electrons. The summed E-state index contributed by atoms with van der Waals surface area (Å²) in [5.74, 6) is 3.45. The number of fused-ring (bicyclic) bond motifs is 2. The van der Waals surface area contributed by atoms with Gasteiger partial charge >= 0.3 is 0 Å². The van der Waals surface area contributed by atoms with Gasteiger partial charge in [0.15, 0.2) is 17.3 Å². The van der Waals surface area contributed by atoms with Gasteiger partial charge in [-0.15, -0.1) is 0 Å². The van der Waals surface area contributed by atoms with Gasteiger partial charge in [0.05, 0.1) is 34.6 Å². The minimum Gasteiger partial charge on any atom is -0.344 e. The average Bonchev–Trinajstić information content (AvgIpc) is 3.54. The van der Waals surface area contributed by atoms with Crippen LogP contribution in [-0.2, 0) is 7.05 Å². The van der Waals surface area contributed by atoms with Crippen molar-refractivity contribution in [2.45, 2.75) is 19.9 Å². The van der Waals surface area contributed by atoms with Crippen molar-refractivity contribution in [3.8, 4) is 17.5 Å². The van der Waals surface area contributed by atoms with Crippen molar-refractivity contribution < 1.29 is 13.6 Å². The number of carbonyl (C=O) groups is 1. The van der Waals surface area contributed by atoms with Crippen LogP contribution in [-0.4, -0.2) is 34.9 Å². The topological polar surface area (TPSA) is 99.1 Å². The highest BCUT2D eigenvalue weighted by atomic mass is 19.2. The van der Waals surface area contributed by atoms with Crippen molar-refractivity contribution in [3.05, 3.63) is 123 Å². The second-order valence-electron chi connectivity index (χ2n) is 9.77. The van der Waals surface area contributed by atoms with E-state index in [1.165, 1.54) is 15.1 Å². The monoisotopic (exact) mass is 563 g/mol. The third-order valence-corrected chi connectivity index (χ3v) is 6.87. The highest BCUT2D eigenvalue weighted by Gasteiger charge is 2.24. The molecule has 6 rings (SSSR count). The summed E-state index contributed by atoms with van der Waals surface area (Å²) in [6, 6.07) is 11.2. The Bertz CT molecular complexity index is 2150.